The van der Waals surface area contributed by atoms with Gasteiger partial charge in [0.1, 0.15) is 12.6 Å². The van der Waals surface area contributed by atoms with Crippen molar-refractivity contribution in [3.05, 3.63) is 52.0 Å². The molecule has 0 bridgehead atoms. The fourth-order valence-corrected chi connectivity index (χ4v) is 5.10. The molecule has 1 N–H and O–H groups in total. The van der Waals surface area contributed by atoms with Crippen molar-refractivity contribution < 1.29 is 27.5 Å². The molecule has 2 rings (SSSR count). The van der Waals surface area contributed by atoms with Gasteiger partial charge < -0.3 is 19.7 Å². The third-order valence-electron chi connectivity index (χ3n) is 6.08. The van der Waals surface area contributed by atoms with Crippen LogP contribution < -0.4 is 19.1 Å². The number of amides is 2. The van der Waals surface area contributed by atoms with Gasteiger partial charge in [0.15, 0.2) is 11.5 Å². The summed E-state index contributed by atoms with van der Waals surface area (Å²) in [6, 6.07) is 8.43. The summed E-state index contributed by atoms with van der Waals surface area (Å²) in [5, 5.41) is 3.67. The Morgan fingerprint density at radius 3 is 2.18 bits per heavy atom. The standard InChI is InChI=1S/C26H35Cl2N3O6S/c1-7-17(3)29-26(33)22(8-2)30(15-18-9-10-19(27)13-21(18)28)25(32)16-31(38(6,34)35)20-11-12-23(36-4)24(14-20)37-5/h9-14,17,22H,7-8,15-16H2,1-6H3,(H,29,33)/t17-,22-/m1/s1. The summed E-state index contributed by atoms with van der Waals surface area (Å²) < 4.78 is 37.2. The van der Waals surface area contributed by atoms with Crippen LogP contribution in [-0.2, 0) is 26.2 Å². The van der Waals surface area contributed by atoms with Gasteiger partial charge in [-0.1, -0.05) is 43.1 Å². The van der Waals surface area contributed by atoms with Gasteiger partial charge in [-0.25, -0.2) is 8.42 Å². The van der Waals surface area contributed by atoms with E-state index in [4.69, 9.17) is 32.7 Å². The molecule has 12 heteroatoms. The highest BCUT2D eigenvalue weighted by atomic mass is 35.5. The molecule has 0 unspecified atom stereocenters. The summed E-state index contributed by atoms with van der Waals surface area (Å²) in [6.07, 6.45) is 2.01. The molecule has 0 saturated carbocycles. The molecule has 2 atom stereocenters. The lowest BCUT2D eigenvalue weighted by Crippen LogP contribution is -2.53. The lowest BCUT2D eigenvalue weighted by atomic mass is 10.1. The Kier molecular flexibility index (Phi) is 11.5. The minimum atomic E-state index is -3.91. The van der Waals surface area contributed by atoms with Gasteiger partial charge in [-0.2, -0.15) is 0 Å². The highest BCUT2D eigenvalue weighted by Crippen LogP contribution is 2.32. The SMILES string of the molecule is CC[C@@H](C)NC(=O)[C@@H](CC)N(Cc1ccc(Cl)cc1Cl)C(=O)CN(c1ccc(OC)c(OC)c1)S(C)(=O)=O. The highest BCUT2D eigenvalue weighted by Gasteiger charge is 2.32. The quantitative estimate of drug-likeness (QED) is 0.370. The summed E-state index contributed by atoms with van der Waals surface area (Å²) >= 11 is 12.4. The second-order valence-electron chi connectivity index (χ2n) is 8.81. The van der Waals surface area contributed by atoms with Crippen LogP contribution in [0.5, 0.6) is 11.5 Å². The van der Waals surface area contributed by atoms with E-state index in [1.54, 1.807) is 31.2 Å². The van der Waals surface area contributed by atoms with Gasteiger partial charge in [-0.3, -0.25) is 13.9 Å². The number of hydrogen-bond donors (Lipinski definition) is 1. The molecule has 0 radical (unpaired) electrons. The first-order valence-electron chi connectivity index (χ1n) is 12.1. The first kappa shape index (κ1) is 31.5. The third kappa shape index (κ3) is 8.15. The smallest absolute Gasteiger partial charge is 0.244 e. The number of sulfonamides is 1. The summed E-state index contributed by atoms with van der Waals surface area (Å²) in [5.41, 5.74) is 0.774. The molecule has 2 aromatic rings. The largest absolute Gasteiger partial charge is 0.493 e. The van der Waals surface area contributed by atoms with Crippen LogP contribution >= 0.6 is 23.2 Å². The molecule has 0 fully saturated rings. The molecule has 2 amide bonds. The normalized spacial score (nSPS) is 12.8. The van der Waals surface area contributed by atoms with Crippen molar-refractivity contribution in [3.8, 4) is 11.5 Å². The number of hydrogen-bond acceptors (Lipinski definition) is 6. The zero-order valence-corrected chi connectivity index (χ0v) is 24.8. The Balaban J connectivity index is 2.52. The van der Waals surface area contributed by atoms with Gasteiger partial charge in [0.2, 0.25) is 21.8 Å². The van der Waals surface area contributed by atoms with E-state index in [-0.39, 0.29) is 24.2 Å². The van der Waals surface area contributed by atoms with Crippen LogP contribution in [0.25, 0.3) is 0 Å². The fraction of sp³-hybridized carbons (Fsp3) is 0.462. The number of rotatable bonds is 13. The molecule has 210 valence electrons. The first-order chi connectivity index (χ1) is 17.9. The maximum absolute atomic E-state index is 13.8. The molecule has 0 heterocycles. The monoisotopic (exact) mass is 587 g/mol. The maximum atomic E-state index is 13.8. The molecule has 0 aliphatic heterocycles. The van der Waals surface area contributed by atoms with Crippen molar-refractivity contribution in [3.63, 3.8) is 0 Å². The summed E-state index contributed by atoms with van der Waals surface area (Å²) in [7, 11) is -1.02. The number of carbonyl (C=O) groups is 2. The molecule has 0 aromatic heterocycles. The molecule has 9 nitrogen and oxygen atoms in total. The van der Waals surface area contributed by atoms with Crippen LogP contribution in [0.2, 0.25) is 10.0 Å². The molecule has 38 heavy (non-hydrogen) atoms. The predicted molar refractivity (Wildman–Crippen MR) is 151 cm³/mol. The average Bonchev–Trinajstić information content (AvgIpc) is 2.86. The van der Waals surface area contributed by atoms with Gasteiger partial charge in [0.25, 0.3) is 0 Å². The van der Waals surface area contributed by atoms with Gasteiger partial charge >= 0.3 is 0 Å². The van der Waals surface area contributed by atoms with E-state index in [9.17, 15) is 18.0 Å². The molecule has 0 saturated heterocycles. The summed E-state index contributed by atoms with van der Waals surface area (Å²) in [6.45, 7) is 5.02. The highest BCUT2D eigenvalue weighted by molar-refractivity contribution is 7.92. The minimum absolute atomic E-state index is 0.0230. The van der Waals surface area contributed by atoms with Crippen molar-refractivity contribution in [1.82, 2.24) is 10.2 Å². The second-order valence-corrected chi connectivity index (χ2v) is 11.6. The van der Waals surface area contributed by atoms with Gasteiger partial charge in [0.05, 0.1) is 26.2 Å². The molecule has 0 aliphatic carbocycles. The average molecular weight is 589 g/mol. The van der Waals surface area contributed by atoms with Crippen molar-refractivity contribution >= 4 is 50.7 Å². The van der Waals surface area contributed by atoms with Gasteiger partial charge in [-0.05, 0) is 49.6 Å². The fourth-order valence-electron chi connectivity index (χ4n) is 3.79. The second kappa shape index (κ2) is 13.9. The first-order valence-corrected chi connectivity index (χ1v) is 14.7. The van der Waals surface area contributed by atoms with E-state index in [0.717, 1.165) is 10.6 Å². The zero-order valence-electron chi connectivity index (χ0n) is 22.5. The number of ether oxygens (including phenoxy) is 2. The van der Waals surface area contributed by atoms with Crippen molar-refractivity contribution in [1.29, 1.82) is 0 Å². The van der Waals surface area contributed by atoms with Crippen LogP contribution in [0.15, 0.2) is 36.4 Å². The lowest BCUT2D eigenvalue weighted by molar-refractivity contribution is -0.140. The van der Waals surface area contributed by atoms with E-state index in [1.165, 1.54) is 31.3 Å². The van der Waals surface area contributed by atoms with Crippen LogP contribution in [0.3, 0.4) is 0 Å². The topological polar surface area (TPSA) is 105 Å². The number of nitrogens with one attached hydrogen (secondary N) is 1. The number of nitrogens with zero attached hydrogens (tertiary/aromatic N) is 2. The van der Waals surface area contributed by atoms with Crippen LogP contribution in [0.1, 0.15) is 39.2 Å². The Labute approximate surface area is 235 Å². The number of benzene rings is 2. The summed E-state index contributed by atoms with van der Waals surface area (Å²) in [4.78, 5) is 28.4. The zero-order chi connectivity index (χ0) is 28.6. The molecular formula is C26H35Cl2N3O6S. The van der Waals surface area contributed by atoms with Crippen molar-refractivity contribution in [2.24, 2.45) is 0 Å². The van der Waals surface area contributed by atoms with E-state index in [2.05, 4.69) is 5.32 Å². The number of anilines is 1. The summed E-state index contributed by atoms with van der Waals surface area (Å²) in [5.74, 6) is -0.210. The predicted octanol–water partition coefficient (Wildman–Crippen LogP) is 4.50. The van der Waals surface area contributed by atoms with Crippen molar-refractivity contribution in [2.75, 3.05) is 31.3 Å². The molecule has 2 aromatic carbocycles. The van der Waals surface area contributed by atoms with E-state index < -0.39 is 28.5 Å². The van der Waals surface area contributed by atoms with E-state index >= 15 is 0 Å². The van der Waals surface area contributed by atoms with Crippen LogP contribution in [0, 0.1) is 0 Å². The molecule has 0 spiro atoms. The Morgan fingerprint density at radius 2 is 1.66 bits per heavy atom. The maximum Gasteiger partial charge on any atom is 0.244 e. The Hall–Kier alpha value is -2.69. The molecular weight excluding hydrogens is 553 g/mol. The third-order valence-corrected chi connectivity index (χ3v) is 7.80. The van der Waals surface area contributed by atoms with E-state index in [1.807, 2.05) is 13.8 Å². The minimum Gasteiger partial charge on any atom is -0.493 e. The van der Waals surface area contributed by atoms with Crippen LogP contribution in [0.4, 0.5) is 5.69 Å². The lowest BCUT2D eigenvalue weighted by Gasteiger charge is -2.33. The van der Waals surface area contributed by atoms with Crippen molar-refractivity contribution in [2.45, 2.75) is 52.2 Å². The Morgan fingerprint density at radius 1 is 1.00 bits per heavy atom. The molecule has 0 aliphatic rings. The number of methoxy groups -OCH3 is 2. The van der Waals surface area contributed by atoms with E-state index in [0.29, 0.717) is 39.9 Å². The van der Waals surface area contributed by atoms with Crippen LogP contribution in [-0.4, -0.2) is 64.2 Å². The number of halogens is 2. The number of carbonyl (C=O) groups excluding carboxylic acids is 2. The Bertz CT molecular complexity index is 1240. The van der Waals surface area contributed by atoms with Gasteiger partial charge in [0, 0.05) is 28.7 Å². The van der Waals surface area contributed by atoms with Gasteiger partial charge in [-0.15, -0.1) is 0 Å².